The van der Waals surface area contributed by atoms with E-state index in [0.29, 0.717) is 25.7 Å². The van der Waals surface area contributed by atoms with Crippen LogP contribution >= 0.6 is 0 Å². The molecule has 3 rings (SSSR count). The summed E-state index contributed by atoms with van der Waals surface area (Å²) in [5.41, 5.74) is -1.91. The van der Waals surface area contributed by atoms with Crippen molar-refractivity contribution in [2.24, 2.45) is 23.2 Å². The first-order chi connectivity index (χ1) is 20.4. The Morgan fingerprint density at radius 1 is 0.750 bits per heavy atom. The lowest BCUT2D eigenvalue weighted by atomic mass is 9.50. The summed E-state index contributed by atoms with van der Waals surface area (Å²) in [6.07, 6.45) is -5.69. The molecule has 1 aliphatic heterocycles. The number of hydrogen-bond acceptors (Lipinski definition) is 13. The van der Waals surface area contributed by atoms with Gasteiger partial charge < -0.3 is 38.3 Å². The van der Waals surface area contributed by atoms with Gasteiger partial charge in [-0.2, -0.15) is 0 Å². The van der Waals surface area contributed by atoms with Gasteiger partial charge in [0.1, 0.15) is 18.8 Å². The lowest BCUT2D eigenvalue weighted by molar-refractivity contribution is -0.341. The van der Waals surface area contributed by atoms with Crippen LogP contribution in [0.4, 0.5) is 0 Å². The average Bonchev–Trinajstić information content (AvgIpc) is 2.86. The quantitative estimate of drug-likeness (QED) is 0.292. The van der Waals surface area contributed by atoms with Gasteiger partial charge in [-0.25, -0.2) is 0 Å². The Labute approximate surface area is 258 Å². The molecule has 0 aromatic heterocycles. The van der Waals surface area contributed by atoms with Crippen LogP contribution in [-0.4, -0.2) is 90.1 Å². The average molecular weight is 629 g/mol. The van der Waals surface area contributed by atoms with Crippen LogP contribution < -0.4 is 0 Å². The van der Waals surface area contributed by atoms with E-state index >= 15 is 0 Å². The number of esters is 5. The molecule has 1 N–H and O–H groups in total. The Kier molecular flexibility index (Phi) is 11.5. The fourth-order valence-corrected chi connectivity index (χ4v) is 7.49. The molecule has 1 heterocycles. The fraction of sp³-hybridized carbons (Fsp3) is 0.839. The van der Waals surface area contributed by atoms with E-state index in [1.54, 1.807) is 6.92 Å². The molecule has 3 fully saturated rings. The predicted molar refractivity (Wildman–Crippen MR) is 151 cm³/mol. The molecule has 3 aliphatic rings. The first-order valence-electron chi connectivity index (χ1n) is 15.2. The van der Waals surface area contributed by atoms with Gasteiger partial charge in [0.25, 0.3) is 0 Å². The summed E-state index contributed by atoms with van der Waals surface area (Å²) >= 11 is 0. The molecule has 1 saturated heterocycles. The van der Waals surface area contributed by atoms with Crippen molar-refractivity contribution >= 4 is 29.8 Å². The maximum atomic E-state index is 12.4. The summed E-state index contributed by atoms with van der Waals surface area (Å²) in [7, 11) is 0. The molecule has 13 heteroatoms. The van der Waals surface area contributed by atoms with Crippen molar-refractivity contribution in [2.75, 3.05) is 6.61 Å². The van der Waals surface area contributed by atoms with E-state index in [0.717, 1.165) is 20.8 Å². The first-order valence-corrected chi connectivity index (χ1v) is 15.2. The van der Waals surface area contributed by atoms with Gasteiger partial charge in [-0.3, -0.25) is 24.0 Å². The minimum Gasteiger partial charge on any atom is -0.463 e. The van der Waals surface area contributed by atoms with Crippen molar-refractivity contribution in [3.8, 4) is 0 Å². The molecule has 0 radical (unpaired) electrons. The highest BCUT2D eigenvalue weighted by Crippen LogP contribution is 2.58. The highest BCUT2D eigenvalue weighted by molar-refractivity contribution is 5.69. The normalized spacial score (nSPS) is 38.6. The Bertz CT molecular complexity index is 1090. The summed E-state index contributed by atoms with van der Waals surface area (Å²) in [5.74, 6) is -3.85. The third-order valence-corrected chi connectivity index (χ3v) is 9.20. The Morgan fingerprint density at radius 3 is 1.82 bits per heavy atom. The van der Waals surface area contributed by atoms with E-state index in [9.17, 15) is 29.1 Å². The molecule has 250 valence electrons. The second-order valence-corrected chi connectivity index (χ2v) is 13.1. The molecule has 0 bridgehead atoms. The van der Waals surface area contributed by atoms with Gasteiger partial charge in [0.2, 0.25) is 0 Å². The van der Waals surface area contributed by atoms with Crippen LogP contribution in [0.1, 0.15) is 88.0 Å². The minimum atomic E-state index is -1.40. The van der Waals surface area contributed by atoms with E-state index in [4.69, 9.17) is 33.2 Å². The van der Waals surface area contributed by atoms with Crippen LogP contribution in [-0.2, 0) is 57.1 Å². The monoisotopic (exact) mass is 628 g/mol. The Hall–Kier alpha value is -2.77. The standard InChI is InChI=1S/C31H48O13/c1-15(2)21-10-12-30(8)23(39-17(4)33)11-13-31(9,37)28(30)24(21)44-29-27(42-20(7)36)26(41-19(6)35)25(40-18(5)34)22(43-29)14-38-16(3)32/h15,21-29,37H,10-14H2,1-9H3. The maximum Gasteiger partial charge on any atom is 0.303 e. The molecule has 0 aromatic rings. The first kappa shape index (κ1) is 35.7. The lowest BCUT2D eigenvalue weighted by Gasteiger charge is -2.60. The third kappa shape index (κ3) is 8.08. The van der Waals surface area contributed by atoms with Crippen LogP contribution in [0.25, 0.3) is 0 Å². The van der Waals surface area contributed by atoms with Gasteiger partial charge in [-0.1, -0.05) is 20.8 Å². The van der Waals surface area contributed by atoms with Crippen molar-refractivity contribution in [3.05, 3.63) is 0 Å². The number of hydrogen-bond donors (Lipinski definition) is 1. The highest BCUT2D eigenvalue weighted by atomic mass is 16.7. The second kappa shape index (κ2) is 14.1. The maximum absolute atomic E-state index is 12.4. The number of fused-ring (bicyclic) bond motifs is 1. The van der Waals surface area contributed by atoms with Crippen LogP contribution in [0.15, 0.2) is 0 Å². The van der Waals surface area contributed by atoms with Gasteiger partial charge >= 0.3 is 29.8 Å². The highest BCUT2D eigenvalue weighted by Gasteiger charge is 2.63. The fourth-order valence-electron chi connectivity index (χ4n) is 7.49. The van der Waals surface area contributed by atoms with E-state index < -0.39 is 89.7 Å². The zero-order valence-corrected chi connectivity index (χ0v) is 27.2. The zero-order chi connectivity index (χ0) is 33.1. The minimum absolute atomic E-state index is 0.0834. The van der Waals surface area contributed by atoms with Crippen LogP contribution in [0, 0.1) is 23.2 Å². The Morgan fingerprint density at radius 2 is 1.30 bits per heavy atom. The van der Waals surface area contributed by atoms with Crippen LogP contribution in [0.2, 0.25) is 0 Å². The molecule has 13 nitrogen and oxygen atoms in total. The molecule has 11 unspecified atom stereocenters. The van der Waals surface area contributed by atoms with Gasteiger partial charge in [0, 0.05) is 46.0 Å². The number of carbonyl (C=O) groups is 5. The molecular weight excluding hydrogens is 580 g/mol. The number of ether oxygens (including phenoxy) is 7. The SMILES string of the molecule is CC(=O)OCC1OC(OC2C(C(C)C)CCC3(C)C(OC(C)=O)CCC(C)(O)C23)C(OC(C)=O)C(OC(C)=O)C1OC(C)=O. The molecule has 11 atom stereocenters. The topological polar surface area (TPSA) is 170 Å². The second-order valence-electron chi connectivity index (χ2n) is 13.1. The van der Waals surface area contributed by atoms with E-state index in [1.807, 2.05) is 20.8 Å². The molecule has 2 aliphatic carbocycles. The summed E-state index contributed by atoms with van der Waals surface area (Å²) < 4.78 is 40.7. The largest absolute Gasteiger partial charge is 0.463 e. The number of rotatable bonds is 9. The van der Waals surface area contributed by atoms with E-state index in [1.165, 1.54) is 13.8 Å². The van der Waals surface area contributed by atoms with Crippen LogP contribution in [0.3, 0.4) is 0 Å². The molecule has 44 heavy (non-hydrogen) atoms. The molecule has 0 amide bonds. The van der Waals surface area contributed by atoms with Crippen molar-refractivity contribution in [1.82, 2.24) is 0 Å². The summed E-state index contributed by atoms with van der Waals surface area (Å²) in [6, 6.07) is 0. The number of carbonyl (C=O) groups excluding carboxylic acids is 5. The van der Waals surface area contributed by atoms with Crippen LogP contribution in [0.5, 0.6) is 0 Å². The van der Waals surface area contributed by atoms with Gasteiger partial charge in [-0.15, -0.1) is 0 Å². The molecule has 2 saturated carbocycles. The number of aliphatic hydroxyl groups is 1. The van der Waals surface area contributed by atoms with Crippen molar-refractivity contribution in [2.45, 2.75) is 137 Å². The van der Waals surface area contributed by atoms with Gasteiger partial charge in [0.05, 0.1) is 11.7 Å². The molecule has 0 spiro atoms. The predicted octanol–water partition coefficient (Wildman–Crippen LogP) is 2.62. The van der Waals surface area contributed by atoms with Crippen molar-refractivity contribution in [1.29, 1.82) is 0 Å². The smallest absolute Gasteiger partial charge is 0.303 e. The zero-order valence-electron chi connectivity index (χ0n) is 27.2. The molecule has 0 aromatic carbocycles. The van der Waals surface area contributed by atoms with E-state index in [-0.39, 0.29) is 18.4 Å². The van der Waals surface area contributed by atoms with Gasteiger partial charge in [0.15, 0.2) is 24.6 Å². The van der Waals surface area contributed by atoms with E-state index in [2.05, 4.69) is 0 Å². The summed E-state index contributed by atoms with van der Waals surface area (Å²) in [6.45, 7) is 13.4. The summed E-state index contributed by atoms with van der Waals surface area (Å²) in [4.78, 5) is 60.6. The third-order valence-electron chi connectivity index (χ3n) is 9.20. The van der Waals surface area contributed by atoms with Gasteiger partial charge in [-0.05, 0) is 44.4 Å². The lowest BCUT2D eigenvalue weighted by Crippen LogP contribution is -2.67. The van der Waals surface area contributed by atoms with Crippen molar-refractivity contribution in [3.63, 3.8) is 0 Å². The Balaban J connectivity index is 2.13. The molecular formula is C31H48O13. The summed E-state index contributed by atoms with van der Waals surface area (Å²) in [5, 5.41) is 11.9. The van der Waals surface area contributed by atoms with Crippen molar-refractivity contribution < 1.29 is 62.2 Å².